The highest BCUT2D eigenvalue weighted by Gasteiger charge is 2.07. The Morgan fingerprint density at radius 3 is 2.52 bits per heavy atom. The van der Waals surface area contributed by atoms with E-state index in [1.807, 2.05) is 51.2 Å². The van der Waals surface area contributed by atoms with Crippen LogP contribution in [0.3, 0.4) is 0 Å². The van der Waals surface area contributed by atoms with E-state index in [0.29, 0.717) is 13.1 Å². The highest BCUT2D eigenvalue weighted by Crippen LogP contribution is 2.13. The number of thiazole rings is 1. The van der Waals surface area contributed by atoms with Crippen molar-refractivity contribution < 1.29 is 4.79 Å². The molecular weight excluding hydrogens is 358 g/mol. The first-order chi connectivity index (χ1) is 13.0. The number of hydrogen-bond acceptors (Lipinski definition) is 4. The van der Waals surface area contributed by atoms with Crippen molar-refractivity contribution in [3.05, 3.63) is 45.9 Å². The first-order valence-corrected chi connectivity index (χ1v) is 10.2. The molecule has 0 spiro atoms. The maximum atomic E-state index is 11.7. The molecule has 0 aliphatic heterocycles. The number of nitrogens with one attached hydrogen (secondary N) is 3. The van der Waals surface area contributed by atoms with Crippen molar-refractivity contribution in [2.75, 3.05) is 11.9 Å². The van der Waals surface area contributed by atoms with Crippen LogP contribution in [0.5, 0.6) is 0 Å². The van der Waals surface area contributed by atoms with E-state index in [9.17, 15) is 4.79 Å². The van der Waals surface area contributed by atoms with Crippen molar-refractivity contribution in [3.63, 3.8) is 0 Å². The minimum Gasteiger partial charge on any atom is -0.357 e. The number of rotatable bonds is 8. The van der Waals surface area contributed by atoms with E-state index in [1.54, 1.807) is 11.3 Å². The number of nitrogens with zero attached hydrogens (tertiary/aromatic N) is 2. The third kappa shape index (κ3) is 7.02. The van der Waals surface area contributed by atoms with Crippen LogP contribution >= 0.6 is 11.3 Å². The maximum Gasteiger partial charge on any atom is 0.226 e. The Bertz CT molecular complexity index is 752. The van der Waals surface area contributed by atoms with Crippen molar-refractivity contribution in [2.45, 2.75) is 47.2 Å². The molecular formula is C20H29N5OS. The van der Waals surface area contributed by atoms with Crippen LogP contribution in [0.4, 0.5) is 5.69 Å². The Morgan fingerprint density at radius 1 is 1.19 bits per heavy atom. The number of aromatic nitrogens is 1. The van der Waals surface area contributed by atoms with Crippen LogP contribution in [0.25, 0.3) is 0 Å². The van der Waals surface area contributed by atoms with Gasteiger partial charge < -0.3 is 16.0 Å². The summed E-state index contributed by atoms with van der Waals surface area (Å²) in [5.41, 5.74) is 1.89. The molecule has 0 bridgehead atoms. The smallest absolute Gasteiger partial charge is 0.226 e. The zero-order valence-corrected chi connectivity index (χ0v) is 17.3. The summed E-state index contributed by atoms with van der Waals surface area (Å²) >= 11 is 1.72. The van der Waals surface area contributed by atoms with Gasteiger partial charge in [-0.3, -0.25) is 4.79 Å². The first kappa shape index (κ1) is 20.9. The lowest BCUT2D eigenvalue weighted by atomic mass is 10.2. The lowest BCUT2D eigenvalue weighted by molar-refractivity contribution is -0.118. The van der Waals surface area contributed by atoms with Crippen LogP contribution in [0.2, 0.25) is 0 Å². The summed E-state index contributed by atoms with van der Waals surface area (Å²) in [6.07, 6.45) is 2.95. The standard InChI is InChI=1S/C20H29N5OS/c1-5-17-12-22-18(27-17)13-24-20(21-6-2)23-11-15-7-9-16(10-8-15)25-19(26)14(3)4/h7-10,12,14H,5-6,11,13H2,1-4H3,(H,25,26)(H2,21,23,24). The van der Waals surface area contributed by atoms with E-state index in [0.717, 1.165) is 35.2 Å². The molecule has 0 radical (unpaired) electrons. The number of amides is 1. The van der Waals surface area contributed by atoms with E-state index < -0.39 is 0 Å². The lowest BCUT2D eigenvalue weighted by Gasteiger charge is -2.10. The molecule has 7 heteroatoms. The van der Waals surface area contributed by atoms with Gasteiger partial charge in [0.1, 0.15) is 5.01 Å². The summed E-state index contributed by atoms with van der Waals surface area (Å²) in [5.74, 6) is 0.755. The number of anilines is 1. The van der Waals surface area contributed by atoms with Crippen molar-refractivity contribution in [1.82, 2.24) is 15.6 Å². The van der Waals surface area contributed by atoms with Gasteiger partial charge in [-0.1, -0.05) is 32.9 Å². The summed E-state index contributed by atoms with van der Waals surface area (Å²) in [7, 11) is 0. The molecule has 27 heavy (non-hydrogen) atoms. The molecule has 0 saturated heterocycles. The fourth-order valence-electron chi connectivity index (χ4n) is 2.24. The summed E-state index contributed by atoms with van der Waals surface area (Å²) in [6, 6.07) is 7.79. The van der Waals surface area contributed by atoms with Gasteiger partial charge in [0.25, 0.3) is 0 Å². The fraction of sp³-hybridized carbons (Fsp3) is 0.450. The lowest BCUT2D eigenvalue weighted by Crippen LogP contribution is -2.36. The first-order valence-electron chi connectivity index (χ1n) is 9.37. The molecule has 2 rings (SSSR count). The van der Waals surface area contributed by atoms with Gasteiger partial charge in [0.15, 0.2) is 5.96 Å². The molecule has 1 aromatic heterocycles. The summed E-state index contributed by atoms with van der Waals surface area (Å²) in [6.45, 7) is 9.95. The topological polar surface area (TPSA) is 78.4 Å². The predicted molar refractivity (Wildman–Crippen MR) is 113 cm³/mol. The highest BCUT2D eigenvalue weighted by molar-refractivity contribution is 7.11. The van der Waals surface area contributed by atoms with Gasteiger partial charge >= 0.3 is 0 Å². The number of benzene rings is 1. The third-order valence-corrected chi connectivity index (χ3v) is 5.01. The largest absolute Gasteiger partial charge is 0.357 e. The summed E-state index contributed by atoms with van der Waals surface area (Å²) in [4.78, 5) is 22.1. The van der Waals surface area contributed by atoms with Crippen LogP contribution in [0.15, 0.2) is 35.5 Å². The van der Waals surface area contributed by atoms with Crippen LogP contribution in [-0.4, -0.2) is 23.4 Å². The van der Waals surface area contributed by atoms with Crippen molar-refractivity contribution >= 4 is 28.9 Å². The molecule has 6 nitrogen and oxygen atoms in total. The average Bonchev–Trinajstić information content (AvgIpc) is 3.13. The normalized spacial score (nSPS) is 11.5. The maximum absolute atomic E-state index is 11.7. The minimum atomic E-state index is -0.0331. The van der Waals surface area contributed by atoms with E-state index >= 15 is 0 Å². The average molecular weight is 388 g/mol. The molecule has 1 heterocycles. The number of carbonyl (C=O) groups is 1. The molecule has 0 aliphatic rings. The second kappa shape index (κ2) is 10.7. The van der Waals surface area contributed by atoms with Gasteiger partial charge in [-0.2, -0.15) is 0 Å². The Kier molecular flexibility index (Phi) is 8.26. The number of guanidine groups is 1. The van der Waals surface area contributed by atoms with Crippen LogP contribution in [0, 0.1) is 5.92 Å². The fourth-order valence-corrected chi connectivity index (χ4v) is 3.05. The number of aliphatic imine (C=N–C) groups is 1. The van der Waals surface area contributed by atoms with E-state index in [-0.39, 0.29) is 11.8 Å². The zero-order chi connectivity index (χ0) is 19.6. The third-order valence-electron chi connectivity index (χ3n) is 3.87. The van der Waals surface area contributed by atoms with Crippen LogP contribution < -0.4 is 16.0 Å². The quantitative estimate of drug-likeness (QED) is 0.478. The highest BCUT2D eigenvalue weighted by atomic mass is 32.1. The molecule has 0 unspecified atom stereocenters. The van der Waals surface area contributed by atoms with Gasteiger partial charge in [-0.25, -0.2) is 9.98 Å². The van der Waals surface area contributed by atoms with E-state index in [4.69, 9.17) is 0 Å². The van der Waals surface area contributed by atoms with Crippen molar-refractivity contribution in [1.29, 1.82) is 0 Å². The van der Waals surface area contributed by atoms with E-state index in [1.165, 1.54) is 4.88 Å². The van der Waals surface area contributed by atoms with Crippen molar-refractivity contribution in [2.24, 2.45) is 10.9 Å². The van der Waals surface area contributed by atoms with Gasteiger partial charge in [0.2, 0.25) is 5.91 Å². The second-order valence-corrected chi connectivity index (χ2v) is 7.66. The summed E-state index contributed by atoms with van der Waals surface area (Å²) < 4.78 is 0. The molecule has 0 aliphatic carbocycles. The van der Waals surface area contributed by atoms with Gasteiger partial charge in [0, 0.05) is 29.2 Å². The predicted octanol–water partition coefficient (Wildman–Crippen LogP) is 3.56. The molecule has 3 N–H and O–H groups in total. The van der Waals surface area contributed by atoms with Gasteiger partial charge in [0.05, 0.1) is 13.1 Å². The molecule has 146 valence electrons. The molecule has 2 aromatic rings. The number of hydrogen-bond donors (Lipinski definition) is 3. The van der Waals surface area contributed by atoms with Gasteiger partial charge in [-0.15, -0.1) is 11.3 Å². The van der Waals surface area contributed by atoms with Crippen LogP contribution in [0.1, 0.15) is 43.1 Å². The number of aryl methyl sites for hydroxylation is 1. The Balaban J connectivity index is 1.92. The van der Waals surface area contributed by atoms with Gasteiger partial charge in [-0.05, 0) is 31.0 Å². The number of carbonyl (C=O) groups excluding carboxylic acids is 1. The zero-order valence-electron chi connectivity index (χ0n) is 16.5. The van der Waals surface area contributed by atoms with Crippen molar-refractivity contribution in [3.8, 4) is 0 Å². The summed E-state index contributed by atoms with van der Waals surface area (Å²) in [5, 5.41) is 10.5. The monoisotopic (exact) mass is 387 g/mol. The Labute approximate surface area is 165 Å². The molecule has 0 saturated carbocycles. The van der Waals surface area contributed by atoms with E-state index in [2.05, 4.69) is 32.9 Å². The Hall–Kier alpha value is -2.41. The molecule has 1 amide bonds. The minimum absolute atomic E-state index is 0.0211. The van der Waals surface area contributed by atoms with Crippen LogP contribution in [-0.2, 0) is 24.3 Å². The molecule has 0 fully saturated rings. The Morgan fingerprint density at radius 2 is 1.93 bits per heavy atom. The molecule has 1 aromatic carbocycles. The second-order valence-electron chi connectivity index (χ2n) is 6.46. The molecule has 0 atom stereocenters. The SMILES string of the molecule is CCNC(=NCc1ccc(NC(=O)C(C)C)cc1)NCc1ncc(CC)s1.